The van der Waals surface area contributed by atoms with E-state index in [1.807, 2.05) is 0 Å². The predicted molar refractivity (Wildman–Crippen MR) is 64.6 cm³/mol. The third-order valence-corrected chi connectivity index (χ3v) is 4.31. The molecule has 4 N–H and O–H groups in total. The van der Waals surface area contributed by atoms with Crippen LogP contribution in [-0.2, 0) is 4.79 Å². The maximum Gasteiger partial charge on any atom is 0.234 e. The third-order valence-electron chi connectivity index (χ3n) is 4.31. The molecule has 17 heavy (non-hydrogen) atoms. The van der Waals surface area contributed by atoms with E-state index in [1.165, 1.54) is 0 Å². The maximum absolute atomic E-state index is 12.3. The van der Waals surface area contributed by atoms with Gasteiger partial charge in [0, 0.05) is 6.04 Å². The minimum atomic E-state index is -0.770. The van der Waals surface area contributed by atoms with Crippen molar-refractivity contribution >= 4 is 11.7 Å². The van der Waals surface area contributed by atoms with E-state index >= 15 is 0 Å². The molecular formula is C12H21N3O2. The number of oxime groups is 1. The number of hydrogen-bond donors (Lipinski definition) is 3. The van der Waals surface area contributed by atoms with Gasteiger partial charge in [0.2, 0.25) is 5.91 Å². The molecular weight excluding hydrogens is 218 g/mol. The number of nitrogens with one attached hydrogen (secondary N) is 1. The van der Waals surface area contributed by atoms with Gasteiger partial charge in [-0.3, -0.25) is 4.79 Å². The quantitative estimate of drug-likeness (QED) is 0.299. The largest absolute Gasteiger partial charge is 0.409 e. The molecule has 2 rings (SSSR count). The fraction of sp³-hybridized carbons (Fsp3) is 0.833. The van der Waals surface area contributed by atoms with Gasteiger partial charge < -0.3 is 16.3 Å². The van der Waals surface area contributed by atoms with Crippen LogP contribution in [0.3, 0.4) is 0 Å². The van der Waals surface area contributed by atoms with Crippen molar-refractivity contribution in [2.24, 2.45) is 21.7 Å². The van der Waals surface area contributed by atoms with Crippen molar-refractivity contribution in [1.82, 2.24) is 5.32 Å². The van der Waals surface area contributed by atoms with Crippen molar-refractivity contribution in [2.75, 3.05) is 0 Å². The molecule has 2 saturated carbocycles. The highest BCUT2D eigenvalue weighted by molar-refractivity contribution is 6.07. The van der Waals surface area contributed by atoms with Gasteiger partial charge in [-0.05, 0) is 24.7 Å². The van der Waals surface area contributed by atoms with Crippen LogP contribution in [0.1, 0.15) is 46.0 Å². The zero-order valence-corrected chi connectivity index (χ0v) is 10.5. The molecule has 0 aromatic carbocycles. The lowest BCUT2D eigenvalue weighted by molar-refractivity contribution is -0.127. The van der Waals surface area contributed by atoms with Crippen molar-refractivity contribution in [3.8, 4) is 0 Å². The second-order valence-electron chi connectivity index (χ2n) is 5.99. The Morgan fingerprint density at radius 3 is 2.35 bits per heavy atom. The van der Waals surface area contributed by atoms with Gasteiger partial charge >= 0.3 is 0 Å². The van der Waals surface area contributed by atoms with E-state index in [-0.39, 0.29) is 23.2 Å². The summed E-state index contributed by atoms with van der Waals surface area (Å²) in [6.07, 6.45) is 4.28. The van der Waals surface area contributed by atoms with E-state index in [9.17, 15) is 4.79 Å². The molecule has 1 atom stereocenters. The first kappa shape index (κ1) is 12.2. The first-order chi connectivity index (χ1) is 7.92. The van der Waals surface area contributed by atoms with E-state index in [2.05, 4.69) is 24.3 Å². The maximum atomic E-state index is 12.3. The summed E-state index contributed by atoms with van der Waals surface area (Å²) in [5.74, 6) is -0.00756. The lowest BCUT2D eigenvalue weighted by Gasteiger charge is -2.26. The summed E-state index contributed by atoms with van der Waals surface area (Å²) in [6.45, 7) is 4.26. The van der Waals surface area contributed by atoms with Gasteiger partial charge in [0.25, 0.3) is 0 Å². The van der Waals surface area contributed by atoms with Crippen LogP contribution in [0.25, 0.3) is 0 Å². The Hall–Kier alpha value is -1.26. The number of hydrogen-bond acceptors (Lipinski definition) is 3. The summed E-state index contributed by atoms with van der Waals surface area (Å²) in [5, 5.41) is 14.9. The first-order valence-corrected chi connectivity index (χ1v) is 6.21. The minimum Gasteiger partial charge on any atom is -0.409 e. The smallest absolute Gasteiger partial charge is 0.234 e. The van der Waals surface area contributed by atoms with E-state index in [0.29, 0.717) is 12.8 Å². The Morgan fingerprint density at radius 2 is 1.94 bits per heavy atom. The fourth-order valence-corrected chi connectivity index (χ4v) is 2.68. The first-order valence-electron chi connectivity index (χ1n) is 6.21. The molecule has 0 heterocycles. The third kappa shape index (κ3) is 1.98. The predicted octanol–water partition coefficient (Wildman–Crippen LogP) is 1.21. The average molecular weight is 239 g/mol. The standard InChI is InChI=1S/C12H21N3O2/c1-11(2)7-8(11)14-10(16)12(9(13)15-17)5-3-4-6-12/h8,17H,3-7H2,1-2H3,(H2,13,15)(H,14,16). The van der Waals surface area contributed by atoms with Crippen molar-refractivity contribution in [1.29, 1.82) is 0 Å². The van der Waals surface area contributed by atoms with Gasteiger partial charge in [-0.25, -0.2) is 0 Å². The van der Waals surface area contributed by atoms with Gasteiger partial charge in [-0.15, -0.1) is 0 Å². The highest BCUT2D eigenvalue weighted by Crippen LogP contribution is 2.46. The Kier molecular flexibility index (Phi) is 2.79. The van der Waals surface area contributed by atoms with Crippen LogP contribution in [-0.4, -0.2) is 23.0 Å². The van der Waals surface area contributed by atoms with Crippen LogP contribution in [0.15, 0.2) is 5.16 Å². The summed E-state index contributed by atoms with van der Waals surface area (Å²) >= 11 is 0. The van der Waals surface area contributed by atoms with Crippen LogP contribution in [0.2, 0.25) is 0 Å². The topological polar surface area (TPSA) is 87.7 Å². The molecule has 0 radical (unpaired) electrons. The Morgan fingerprint density at radius 1 is 1.41 bits per heavy atom. The second kappa shape index (κ2) is 3.89. The molecule has 1 amide bonds. The van der Waals surface area contributed by atoms with Crippen molar-refractivity contribution in [2.45, 2.75) is 52.0 Å². The second-order valence-corrected chi connectivity index (χ2v) is 5.99. The van der Waals surface area contributed by atoms with Crippen molar-refractivity contribution < 1.29 is 10.0 Å². The molecule has 0 saturated heterocycles. The Balaban J connectivity index is 2.09. The molecule has 0 aliphatic heterocycles. The number of amides is 1. The molecule has 0 bridgehead atoms. The van der Waals surface area contributed by atoms with Crippen LogP contribution in [0.5, 0.6) is 0 Å². The molecule has 0 aromatic rings. The lowest BCUT2D eigenvalue weighted by atomic mass is 9.83. The number of carbonyl (C=O) groups is 1. The van der Waals surface area contributed by atoms with Gasteiger partial charge in [-0.2, -0.15) is 0 Å². The number of nitrogens with zero attached hydrogens (tertiary/aromatic N) is 1. The van der Waals surface area contributed by atoms with Crippen LogP contribution >= 0.6 is 0 Å². The average Bonchev–Trinajstić information content (AvgIpc) is 2.72. The summed E-state index contributed by atoms with van der Waals surface area (Å²) in [5.41, 5.74) is 5.14. The molecule has 2 aliphatic carbocycles. The van der Waals surface area contributed by atoms with E-state index in [4.69, 9.17) is 10.9 Å². The van der Waals surface area contributed by atoms with Gasteiger partial charge in [0.1, 0.15) is 5.41 Å². The summed E-state index contributed by atoms with van der Waals surface area (Å²) in [7, 11) is 0. The normalized spacial score (nSPS) is 30.0. The molecule has 0 spiro atoms. The highest BCUT2D eigenvalue weighted by Gasteiger charge is 2.51. The van der Waals surface area contributed by atoms with Crippen molar-refractivity contribution in [3.63, 3.8) is 0 Å². The van der Waals surface area contributed by atoms with Crippen LogP contribution in [0.4, 0.5) is 0 Å². The van der Waals surface area contributed by atoms with Gasteiger partial charge in [0.15, 0.2) is 5.84 Å². The molecule has 2 aliphatic rings. The van der Waals surface area contributed by atoms with Crippen LogP contribution in [0, 0.1) is 10.8 Å². The summed E-state index contributed by atoms with van der Waals surface area (Å²) < 4.78 is 0. The lowest BCUT2D eigenvalue weighted by Crippen LogP contribution is -2.49. The monoisotopic (exact) mass is 239 g/mol. The van der Waals surface area contributed by atoms with Crippen LogP contribution < -0.4 is 11.1 Å². The Bertz CT molecular complexity index is 357. The fourth-order valence-electron chi connectivity index (χ4n) is 2.68. The zero-order chi connectivity index (χ0) is 12.7. The zero-order valence-electron chi connectivity index (χ0n) is 10.5. The van der Waals surface area contributed by atoms with E-state index in [0.717, 1.165) is 19.3 Å². The molecule has 2 fully saturated rings. The molecule has 5 heteroatoms. The number of amidine groups is 1. The SMILES string of the molecule is CC1(C)CC1NC(=O)C1(C(N)=NO)CCCC1. The summed E-state index contributed by atoms with van der Waals surface area (Å²) in [4.78, 5) is 12.3. The van der Waals surface area contributed by atoms with Crippen molar-refractivity contribution in [3.05, 3.63) is 0 Å². The number of carbonyl (C=O) groups excluding carboxylic acids is 1. The highest BCUT2D eigenvalue weighted by atomic mass is 16.4. The van der Waals surface area contributed by atoms with Gasteiger partial charge in [0.05, 0.1) is 0 Å². The van der Waals surface area contributed by atoms with E-state index in [1.54, 1.807) is 0 Å². The molecule has 0 aromatic heterocycles. The summed E-state index contributed by atoms with van der Waals surface area (Å²) in [6, 6.07) is 0.235. The Labute approximate surface area is 101 Å². The number of nitrogens with two attached hydrogens (primary N) is 1. The molecule has 1 unspecified atom stereocenters. The molecule has 5 nitrogen and oxygen atoms in total. The van der Waals surface area contributed by atoms with E-state index < -0.39 is 5.41 Å². The van der Waals surface area contributed by atoms with Gasteiger partial charge in [-0.1, -0.05) is 31.8 Å². The molecule has 96 valence electrons. The minimum absolute atomic E-state index is 0.0611. The number of rotatable bonds is 3.